The van der Waals surface area contributed by atoms with E-state index in [1.54, 1.807) is 0 Å². The maximum atomic E-state index is 5.54. The molecule has 0 aromatic heterocycles. The van der Waals surface area contributed by atoms with E-state index < -0.39 is 0 Å². The lowest BCUT2D eigenvalue weighted by Gasteiger charge is -2.33. The predicted octanol–water partition coefficient (Wildman–Crippen LogP) is 1.49. The fourth-order valence-electron chi connectivity index (χ4n) is 3.14. The zero-order chi connectivity index (χ0) is 11.4. The van der Waals surface area contributed by atoms with Gasteiger partial charge in [-0.1, -0.05) is 0 Å². The van der Waals surface area contributed by atoms with E-state index in [1.165, 1.54) is 45.3 Å². The first-order valence-corrected chi connectivity index (χ1v) is 6.69. The molecule has 2 heterocycles. The van der Waals surface area contributed by atoms with Crippen LogP contribution in [0.5, 0.6) is 0 Å². The van der Waals surface area contributed by atoms with Gasteiger partial charge in [-0.3, -0.25) is 0 Å². The van der Waals surface area contributed by atoms with Crippen molar-refractivity contribution in [1.82, 2.24) is 10.2 Å². The van der Waals surface area contributed by atoms with Crippen molar-refractivity contribution in [2.45, 2.75) is 38.1 Å². The van der Waals surface area contributed by atoms with Gasteiger partial charge in [0.05, 0.1) is 6.61 Å². The summed E-state index contributed by atoms with van der Waals surface area (Å²) in [4.78, 5) is 2.48. The number of hydrogen-bond donors (Lipinski definition) is 1. The summed E-state index contributed by atoms with van der Waals surface area (Å²) >= 11 is 0. The molecule has 2 saturated heterocycles. The minimum Gasteiger partial charge on any atom is -0.381 e. The predicted molar refractivity (Wildman–Crippen MR) is 66.7 cm³/mol. The molecule has 0 radical (unpaired) electrons. The molecule has 94 valence electrons. The highest BCUT2D eigenvalue weighted by atomic mass is 16.5. The van der Waals surface area contributed by atoms with Gasteiger partial charge in [0.25, 0.3) is 0 Å². The number of hydrogen-bond acceptors (Lipinski definition) is 3. The second-order valence-corrected chi connectivity index (χ2v) is 5.87. The Labute approximate surface area is 99.5 Å². The molecule has 2 rings (SSSR count). The highest BCUT2D eigenvalue weighted by Crippen LogP contribution is 2.21. The molecule has 0 aromatic rings. The lowest BCUT2D eigenvalue weighted by Crippen LogP contribution is -2.47. The van der Waals surface area contributed by atoms with Gasteiger partial charge >= 0.3 is 0 Å². The summed E-state index contributed by atoms with van der Waals surface area (Å²) in [6.45, 7) is 7.85. The zero-order valence-corrected chi connectivity index (χ0v) is 10.8. The standard InChI is InChI=1S/C13H26N2O/c1-13(6-4-7-14-13)11-15(2)9-12-5-3-8-16-10-12/h12,14H,3-11H2,1-2H3. The summed E-state index contributed by atoms with van der Waals surface area (Å²) in [5.74, 6) is 0.753. The lowest BCUT2D eigenvalue weighted by atomic mass is 9.97. The highest BCUT2D eigenvalue weighted by molar-refractivity contribution is 4.91. The first-order valence-electron chi connectivity index (χ1n) is 6.69. The Balaban J connectivity index is 1.72. The fourth-order valence-corrected chi connectivity index (χ4v) is 3.14. The van der Waals surface area contributed by atoms with E-state index in [4.69, 9.17) is 4.74 Å². The van der Waals surface area contributed by atoms with Crippen LogP contribution >= 0.6 is 0 Å². The molecule has 3 nitrogen and oxygen atoms in total. The average molecular weight is 226 g/mol. The molecule has 0 amide bonds. The van der Waals surface area contributed by atoms with E-state index >= 15 is 0 Å². The summed E-state index contributed by atoms with van der Waals surface area (Å²) in [6.07, 6.45) is 5.23. The number of ether oxygens (including phenoxy) is 1. The van der Waals surface area contributed by atoms with E-state index in [0.717, 1.165) is 19.1 Å². The molecule has 0 aliphatic carbocycles. The van der Waals surface area contributed by atoms with Crippen molar-refractivity contribution < 1.29 is 4.74 Å². The number of nitrogens with zero attached hydrogens (tertiary/aromatic N) is 1. The summed E-state index contributed by atoms with van der Waals surface area (Å²) in [6, 6.07) is 0. The Morgan fingerprint density at radius 1 is 1.44 bits per heavy atom. The smallest absolute Gasteiger partial charge is 0.0506 e. The first-order chi connectivity index (χ1) is 7.68. The van der Waals surface area contributed by atoms with E-state index in [2.05, 4.69) is 24.2 Å². The zero-order valence-electron chi connectivity index (χ0n) is 10.8. The minimum absolute atomic E-state index is 0.351. The van der Waals surface area contributed by atoms with E-state index in [0.29, 0.717) is 5.54 Å². The molecule has 2 fully saturated rings. The molecule has 0 spiro atoms. The molecular formula is C13H26N2O. The normalized spacial score (nSPS) is 35.8. The molecule has 16 heavy (non-hydrogen) atoms. The first kappa shape index (κ1) is 12.3. The third-order valence-electron chi connectivity index (χ3n) is 3.90. The van der Waals surface area contributed by atoms with Crippen LogP contribution in [0.25, 0.3) is 0 Å². The van der Waals surface area contributed by atoms with Gasteiger partial charge in [-0.25, -0.2) is 0 Å². The van der Waals surface area contributed by atoms with Gasteiger partial charge in [-0.15, -0.1) is 0 Å². The third kappa shape index (κ3) is 3.44. The van der Waals surface area contributed by atoms with Crippen LogP contribution < -0.4 is 5.32 Å². The van der Waals surface area contributed by atoms with Crippen molar-refractivity contribution in [3.8, 4) is 0 Å². The van der Waals surface area contributed by atoms with Gasteiger partial charge in [0.1, 0.15) is 0 Å². The molecule has 2 atom stereocenters. The quantitative estimate of drug-likeness (QED) is 0.786. The molecule has 3 heteroatoms. The fraction of sp³-hybridized carbons (Fsp3) is 1.00. The Morgan fingerprint density at radius 2 is 2.31 bits per heavy atom. The van der Waals surface area contributed by atoms with Crippen molar-refractivity contribution in [1.29, 1.82) is 0 Å². The average Bonchev–Trinajstić information content (AvgIpc) is 2.66. The number of likely N-dealkylation sites (N-methyl/N-ethyl adjacent to an activating group) is 1. The Hall–Kier alpha value is -0.120. The van der Waals surface area contributed by atoms with E-state index in [-0.39, 0.29) is 0 Å². The van der Waals surface area contributed by atoms with Crippen LogP contribution in [-0.2, 0) is 4.74 Å². The third-order valence-corrected chi connectivity index (χ3v) is 3.90. The van der Waals surface area contributed by atoms with Crippen LogP contribution in [-0.4, -0.2) is 50.3 Å². The Kier molecular flexibility index (Phi) is 4.22. The van der Waals surface area contributed by atoms with Gasteiger partial charge < -0.3 is 15.0 Å². The minimum atomic E-state index is 0.351. The summed E-state index contributed by atoms with van der Waals surface area (Å²) in [5, 5.41) is 3.63. The van der Waals surface area contributed by atoms with Crippen molar-refractivity contribution in [3.05, 3.63) is 0 Å². The summed E-state index contributed by atoms with van der Waals surface area (Å²) < 4.78 is 5.54. The molecule has 2 aliphatic rings. The number of nitrogens with one attached hydrogen (secondary N) is 1. The Morgan fingerprint density at radius 3 is 2.94 bits per heavy atom. The molecular weight excluding hydrogens is 200 g/mol. The largest absolute Gasteiger partial charge is 0.381 e. The van der Waals surface area contributed by atoms with E-state index in [9.17, 15) is 0 Å². The SMILES string of the molecule is CN(CC1CCCOC1)CC1(C)CCCN1. The summed E-state index contributed by atoms with van der Waals surface area (Å²) in [7, 11) is 2.25. The second-order valence-electron chi connectivity index (χ2n) is 5.87. The Bertz CT molecular complexity index is 208. The van der Waals surface area contributed by atoms with Crippen molar-refractivity contribution in [2.75, 3.05) is 39.9 Å². The van der Waals surface area contributed by atoms with Gasteiger partial charge in [-0.05, 0) is 52.1 Å². The van der Waals surface area contributed by atoms with Crippen LogP contribution in [0.3, 0.4) is 0 Å². The van der Waals surface area contributed by atoms with Crippen LogP contribution in [0.2, 0.25) is 0 Å². The lowest BCUT2D eigenvalue weighted by molar-refractivity contribution is 0.0391. The molecule has 0 aromatic carbocycles. The topological polar surface area (TPSA) is 24.5 Å². The maximum absolute atomic E-state index is 5.54. The number of rotatable bonds is 4. The maximum Gasteiger partial charge on any atom is 0.0506 e. The van der Waals surface area contributed by atoms with Crippen molar-refractivity contribution in [2.24, 2.45) is 5.92 Å². The second kappa shape index (κ2) is 5.48. The van der Waals surface area contributed by atoms with Crippen LogP contribution in [0, 0.1) is 5.92 Å². The van der Waals surface area contributed by atoms with Crippen molar-refractivity contribution >= 4 is 0 Å². The van der Waals surface area contributed by atoms with Gasteiger partial charge in [0.2, 0.25) is 0 Å². The molecule has 2 aliphatic heterocycles. The van der Waals surface area contributed by atoms with Crippen LogP contribution in [0.4, 0.5) is 0 Å². The van der Waals surface area contributed by atoms with Crippen molar-refractivity contribution in [3.63, 3.8) is 0 Å². The molecule has 0 bridgehead atoms. The summed E-state index contributed by atoms with van der Waals surface area (Å²) in [5.41, 5.74) is 0.351. The van der Waals surface area contributed by atoms with Gasteiger partial charge in [-0.2, -0.15) is 0 Å². The monoisotopic (exact) mass is 226 g/mol. The molecule has 0 saturated carbocycles. The van der Waals surface area contributed by atoms with Crippen LogP contribution in [0.15, 0.2) is 0 Å². The van der Waals surface area contributed by atoms with Gasteiger partial charge in [0.15, 0.2) is 0 Å². The van der Waals surface area contributed by atoms with Gasteiger partial charge in [0, 0.05) is 25.2 Å². The highest BCUT2D eigenvalue weighted by Gasteiger charge is 2.29. The molecule has 2 unspecified atom stereocenters. The van der Waals surface area contributed by atoms with E-state index in [1.807, 2.05) is 0 Å². The van der Waals surface area contributed by atoms with Crippen LogP contribution in [0.1, 0.15) is 32.6 Å². The molecule has 1 N–H and O–H groups in total.